The van der Waals surface area contributed by atoms with E-state index in [2.05, 4.69) is 20.5 Å². The molecule has 2 aromatic heterocycles. The van der Waals surface area contributed by atoms with Gasteiger partial charge in [-0.15, -0.1) is 10.2 Å². The topological polar surface area (TPSA) is 81.7 Å². The summed E-state index contributed by atoms with van der Waals surface area (Å²) in [6.45, 7) is 0.842. The summed E-state index contributed by atoms with van der Waals surface area (Å²) in [5.74, 6) is 0.530. The lowest BCUT2D eigenvalue weighted by molar-refractivity contribution is -0.133. The van der Waals surface area contributed by atoms with Crippen LogP contribution >= 0.6 is 0 Å². The number of amides is 1. The van der Waals surface area contributed by atoms with Gasteiger partial charge in [0.15, 0.2) is 0 Å². The van der Waals surface area contributed by atoms with E-state index >= 15 is 0 Å². The lowest BCUT2D eigenvalue weighted by Crippen LogP contribution is -2.33. The molecule has 1 aliphatic rings. The Morgan fingerprint density at radius 1 is 1.28 bits per heavy atom. The third-order valence-electron chi connectivity index (χ3n) is 4.44. The Labute approximate surface area is 145 Å². The van der Waals surface area contributed by atoms with Crippen LogP contribution in [-0.2, 0) is 18.4 Å². The van der Waals surface area contributed by atoms with E-state index in [-0.39, 0.29) is 18.5 Å². The quantitative estimate of drug-likeness (QED) is 0.719. The first-order chi connectivity index (χ1) is 12.2. The van der Waals surface area contributed by atoms with Crippen LogP contribution in [0.1, 0.15) is 24.4 Å². The van der Waals surface area contributed by atoms with Gasteiger partial charge in [-0.2, -0.15) is 9.90 Å². The molecular formula is C17H19N7O. The van der Waals surface area contributed by atoms with E-state index in [4.69, 9.17) is 0 Å². The molecule has 0 spiro atoms. The molecular weight excluding hydrogens is 318 g/mol. The van der Waals surface area contributed by atoms with Crippen LogP contribution in [0.15, 0.2) is 42.7 Å². The predicted octanol–water partition coefficient (Wildman–Crippen LogP) is 1.44. The highest BCUT2D eigenvalue weighted by Gasteiger charge is 2.31. The van der Waals surface area contributed by atoms with E-state index < -0.39 is 0 Å². The van der Waals surface area contributed by atoms with E-state index in [9.17, 15) is 4.79 Å². The molecule has 0 bridgehead atoms. The Bertz CT molecular complexity index is 870. The van der Waals surface area contributed by atoms with E-state index in [1.165, 1.54) is 4.80 Å². The summed E-state index contributed by atoms with van der Waals surface area (Å²) in [6, 6.07) is 9.69. The normalized spacial score (nSPS) is 17.2. The second-order valence-corrected chi connectivity index (χ2v) is 6.20. The molecule has 0 radical (unpaired) electrons. The second kappa shape index (κ2) is 6.46. The summed E-state index contributed by atoms with van der Waals surface area (Å²) in [5.41, 5.74) is 1.96. The monoisotopic (exact) mass is 337 g/mol. The van der Waals surface area contributed by atoms with Gasteiger partial charge in [-0.25, -0.2) is 0 Å². The van der Waals surface area contributed by atoms with Gasteiger partial charge >= 0.3 is 0 Å². The van der Waals surface area contributed by atoms with Gasteiger partial charge in [0.2, 0.25) is 11.7 Å². The van der Waals surface area contributed by atoms with Gasteiger partial charge in [0.1, 0.15) is 6.54 Å². The summed E-state index contributed by atoms with van der Waals surface area (Å²) in [4.78, 5) is 16.0. The highest BCUT2D eigenvalue weighted by molar-refractivity contribution is 5.76. The summed E-state index contributed by atoms with van der Waals surface area (Å²) in [6.07, 6.45) is 5.75. The molecule has 1 amide bonds. The van der Waals surface area contributed by atoms with Crippen molar-refractivity contribution >= 4 is 5.91 Å². The van der Waals surface area contributed by atoms with Crippen molar-refractivity contribution in [3.63, 3.8) is 0 Å². The number of aryl methyl sites for hydroxylation is 1. The number of nitrogens with zero attached hydrogens (tertiary/aromatic N) is 7. The lowest BCUT2D eigenvalue weighted by atomic mass is 10.1. The molecule has 8 nitrogen and oxygen atoms in total. The molecule has 1 fully saturated rings. The molecule has 0 saturated carbocycles. The van der Waals surface area contributed by atoms with Crippen molar-refractivity contribution in [2.45, 2.75) is 25.4 Å². The molecule has 128 valence electrons. The van der Waals surface area contributed by atoms with Crippen molar-refractivity contribution in [2.75, 3.05) is 6.54 Å². The van der Waals surface area contributed by atoms with Crippen LogP contribution in [0.3, 0.4) is 0 Å². The molecule has 3 aromatic rings. The fourth-order valence-electron chi connectivity index (χ4n) is 3.25. The lowest BCUT2D eigenvalue weighted by Gasteiger charge is -2.23. The van der Waals surface area contributed by atoms with Crippen LogP contribution in [0, 0.1) is 0 Å². The third kappa shape index (κ3) is 3.15. The minimum Gasteiger partial charge on any atom is -0.334 e. The van der Waals surface area contributed by atoms with Crippen molar-refractivity contribution < 1.29 is 4.79 Å². The highest BCUT2D eigenvalue weighted by atomic mass is 16.2. The Morgan fingerprint density at radius 3 is 2.88 bits per heavy atom. The van der Waals surface area contributed by atoms with Gasteiger partial charge in [-0.1, -0.05) is 30.3 Å². The van der Waals surface area contributed by atoms with Gasteiger partial charge in [0.25, 0.3) is 0 Å². The fraction of sp³-hybridized carbons (Fsp3) is 0.353. The van der Waals surface area contributed by atoms with Crippen LogP contribution in [0.4, 0.5) is 0 Å². The van der Waals surface area contributed by atoms with Crippen molar-refractivity contribution in [3.8, 4) is 11.4 Å². The molecule has 0 unspecified atom stereocenters. The van der Waals surface area contributed by atoms with Gasteiger partial charge < -0.3 is 4.90 Å². The molecule has 0 aliphatic carbocycles. The number of carbonyl (C=O) groups is 1. The Balaban J connectivity index is 1.47. The van der Waals surface area contributed by atoms with Gasteiger partial charge in [0, 0.05) is 30.9 Å². The summed E-state index contributed by atoms with van der Waals surface area (Å²) in [5, 5.41) is 16.6. The zero-order chi connectivity index (χ0) is 17.2. The molecule has 3 heterocycles. The zero-order valence-electron chi connectivity index (χ0n) is 14.0. The highest BCUT2D eigenvalue weighted by Crippen LogP contribution is 2.31. The number of likely N-dealkylation sites (tertiary alicyclic amines) is 1. The van der Waals surface area contributed by atoms with Crippen LogP contribution in [0.2, 0.25) is 0 Å². The molecule has 4 rings (SSSR count). The van der Waals surface area contributed by atoms with Crippen molar-refractivity contribution in [1.82, 2.24) is 34.9 Å². The summed E-state index contributed by atoms with van der Waals surface area (Å²) >= 11 is 0. The maximum Gasteiger partial charge on any atom is 0.246 e. The maximum atomic E-state index is 12.7. The maximum absolute atomic E-state index is 12.7. The first kappa shape index (κ1) is 15.5. The number of benzene rings is 1. The molecule has 1 aromatic carbocycles. The number of carbonyl (C=O) groups excluding carboxylic acids is 1. The van der Waals surface area contributed by atoms with Crippen LogP contribution < -0.4 is 0 Å². The Hall–Kier alpha value is -3.03. The third-order valence-corrected chi connectivity index (χ3v) is 4.44. The fourth-order valence-corrected chi connectivity index (χ4v) is 3.25. The van der Waals surface area contributed by atoms with Crippen LogP contribution in [-0.4, -0.2) is 47.3 Å². The average molecular weight is 337 g/mol. The average Bonchev–Trinajstić information content (AvgIpc) is 3.35. The summed E-state index contributed by atoms with van der Waals surface area (Å²) in [7, 11) is 1.88. The van der Waals surface area contributed by atoms with Crippen molar-refractivity contribution in [2.24, 2.45) is 7.05 Å². The first-order valence-electron chi connectivity index (χ1n) is 8.32. The number of hydrogen-bond acceptors (Lipinski definition) is 5. The summed E-state index contributed by atoms with van der Waals surface area (Å²) < 4.78 is 1.77. The number of rotatable bonds is 4. The van der Waals surface area contributed by atoms with Crippen molar-refractivity contribution in [3.05, 3.63) is 48.3 Å². The molecule has 1 saturated heterocycles. The molecule has 8 heteroatoms. The van der Waals surface area contributed by atoms with Gasteiger partial charge in [-0.05, 0) is 18.1 Å². The standard InChI is InChI=1S/C17H19N7O/c1-22-11-14(10-18-22)15-8-5-9-23(15)16(25)12-24-20-17(19-21-24)13-6-3-2-4-7-13/h2-4,6-7,10-11,15H,5,8-9,12H2,1H3/t15-/m1/s1. The smallest absolute Gasteiger partial charge is 0.246 e. The van der Waals surface area contributed by atoms with Gasteiger partial charge in [0.05, 0.1) is 12.2 Å². The minimum absolute atomic E-state index is 0.00312. The minimum atomic E-state index is 0.00312. The zero-order valence-corrected chi connectivity index (χ0v) is 14.0. The Morgan fingerprint density at radius 2 is 2.12 bits per heavy atom. The number of tetrazole rings is 1. The number of aromatic nitrogens is 6. The van der Waals surface area contributed by atoms with E-state index in [1.807, 2.05) is 54.7 Å². The van der Waals surface area contributed by atoms with E-state index in [1.54, 1.807) is 4.68 Å². The molecule has 1 atom stereocenters. The first-order valence-corrected chi connectivity index (χ1v) is 8.32. The van der Waals surface area contributed by atoms with E-state index in [0.717, 1.165) is 30.5 Å². The molecule has 25 heavy (non-hydrogen) atoms. The van der Waals surface area contributed by atoms with Crippen LogP contribution in [0.5, 0.6) is 0 Å². The Kier molecular flexibility index (Phi) is 4.01. The largest absolute Gasteiger partial charge is 0.334 e. The predicted molar refractivity (Wildman–Crippen MR) is 90.1 cm³/mol. The van der Waals surface area contributed by atoms with Crippen molar-refractivity contribution in [1.29, 1.82) is 0 Å². The molecule has 0 N–H and O–H groups in total. The molecule has 1 aliphatic heterocycles. The second-order valence-electron chi connectivity index (χ2n) is 6.20. The number of hydrogen-bond donors (Lipinski definition) is 0. The van der Waals surface area contributed by atoms with Crippen LogP contribution in [0.25, 0.3) is 11.4 Å². The SMILES string of the molecule is Cn1cc([C@H]2CCCN2C(=O)Cn2nnc(-c3ccccc3)n2)cn1. The van der Waals surface area contributed by atoms with Gasteiger partial charge in [-0.3, -0.25) is 9.48 Å². The van der Waals surface area contributed by atoms with E-state index in [0.29, 0.717) is 5.82 Å².